The molecule has 156 valence electrons. The van der Waals surface area contributed by atoms with E-state index in [4.69, 9.17) is 9.72 Å². The fourth-order valence-corrected chi connectivity index (χ4v) is 3.35. The Bertz CT molecular complexity index is 1230. The van der Waals surface area contributed by atoms with Crippen LogP contribution in [0.1, 0.15) is 17.0 Å². The van der Waals surface area contributed by atoms with Gasteiger partial charge >= 0.3 is 0 Å². The molecule has 4 rings (SSSR count). The van der Waals surface area contributed by atoms with Crippen LogP contribution >= 0.6 is 0 Å². The van der Waals surface area contributed by atoms with E-state index in [1.54, 1.807) is 12.1 Å². The molecule has 0 aliphatic heterocycles. The molecule has 0 saturated heterocycles. The lowest BCUT2D eigenvalue weighted by Crippen LogP contribution is -2.24. The topological polar surface area (TPSA) is 88.7 Å². The standard InChI is InChI=1S/C24H22N4O3/c1-31-22-13-18(11-12-21(22)29)15-25-27-24(30)16-28-20-10-6-5-9-19(20)26-23(28)14-17-7-3-2-4-8-17/h2-13,15,29H,14,16H2,1H3,(H,27,30). The largest absolute Gasteiger partial charge is 0.504 e. The van der Waals surface area contributed by atoms with Gasteiger partial charge in [0.05, 0.1) is 24.4 Å². The monoisotopic (exact) mass is 414 g/mol. The molecule has 4 aromatic rings. The third-order valence-electron chi connectivity index (χ3n) is 4.85. The molecule has 0 unspecified atom stereocenters. The molecule has 3 aromatic carbocycles. The van der Waals surface area contributed by atoms with Crippen LogP contribution in [0.4, 0.5) is 0 Å². The quantitative estimate of drug-likeness (QED) is 0.358. The van der Waals surface area contributed by atoms with Gasteiger partial charge in [0, 0.05) is 6.42 Å². The van der Waals surface area contributed by atoms with Crippen molar-refractivity contribution >= 4 is 23.2 Å². The Hall–Kier alpha value is -4.13. The third kappa shape index (κ3) is 4.72. The summed E-state index contributed by atoms with van der Waals surface area (Å²) < 4.78 is 6.99. The van der Waals surface area contributed by atoms with Gasteiger partial charge in [-0.15, -0.1) is 0 Å². The second-order valence-electron chi connectivity index (χ2n) is 6.99. The Kier molecular flexibility index (Phi) is 5.93. The number of phenols is 1. The fraction of sp³-hybridized carbons (Fsp3) is 0.125. The highest BCUT2D eigenvalue weighted by molar-refractivity contribution is 5.84. The lowest BCUT2D eigenvalue weighted by atomic mass is 10.1. The van der Waals surface area contributed by atoms with Crippen LogP contribution in [0, 0.1) is 0 Å². The maximum Gasteiger partial charge on any atom is 0.260 e. The average Bonchev–Trinajstić information content (AvgIpc) is 3.12. The van der Waals surface area contributed by atoms with Gasteiger partial charge in [0.25, 0.3) is 5.91 Å². The van der Waals surface area contributed by atoms with Crippen molar-refractivity contribution in [1.29, 1.82) is 0 Å². The molecule has 1 aromatic heterocycles. The van der Waals surface area contributed by atoms with Crippen LogP contribution in [0.3, 0.4) is 0 Å². The zero-order chi connectivity index (χ0) is 21.6. The van der Waals surface area contributed by atoms with E-state index in [1.165, 1.54) is 19.4 Å². The van der Waals surface area contributed by atoms with Gasteiger partial charge in [0.15, 0.2) is 11.5 Å². The second-order valence-corrected chi connectivity index (χ2v) is 6.99. The number of aromatic hydroxyl groups is 1. The molecule has 0 bridgehead atoms. The van der Waals surface area contributed by atoms with E-state index in [0.717, 1.165) is 22.4 Å². The molecule has 31 heavy (non-hydrogen) atoms. The molecule has 1 heterocycles. The average molecular weight is 414 g/mol. The molecular formula is C24H22N4O3. The van der Waals surface area contributed by atoms with Crippen LogP contribution in [0.25, 0.3) is 11.0 Å². The van der Waals surface area contributed by atoms with Crippen molar-refractivity contribution in [3.05, 3.63) is 89.7 Å². The van der Waals surface area contributed by atoms with Crippen molar-refractivity contribution in [2.45, 2.75) is 13.0 Å². The predicted molar refractivity (Wildman–Crippen MR) is 119 cm³/mol. The number of hydrogen-bond donors (Lipinski definition) is 2. The summed E-state index contributed by atoms with van der Waals surface area (Å²) in [6.07, 6.45) is 2.12. The van der Waals surface area contributed by atoms with Gasteiger partial charge in [-0.25, -0.2) is 10.4 Å². The van der Waals surface area contributed by atoms with Gasteiger partial charge in [-0.2, -0.15) is 5.10 Å². The summed E-state index contributed by atoms with van der Waals surface area (Å²) in [5.41, 5.74) is 6.11. The minimum Gasteiger partial charge on any atom is -0.504 e. The number of para-hydroxylation sites is 2. The molecule has 0 radical (unpaired) electrons. The van der Waals surface area contributed by atoms with Crippen molar-refractivity contribution in [2.24, 2.45) is 5.10 Å². The van der Waals surface area contributed by atoms with E-state index in [-0.39, 0.29) is 18.2 Å². The number of fused-ring (bicyclic) bond motifs is 1. The normalized spacial score (nSPS) is 11.1. The van der Waals surface area contributed by atoms with Gasteiger partial charge in [-0.05, 0) is 41.5 Å². The number of aromatic nitrogens is 2. The summed E-state index contributed by atoms with van der Waals surface area (Å²) in [6, 6.07) is 22.6. The Morgan fingerprint density at radius 3 is 2.71 bits per heavy atom. The van der Waals surface area contributed by atoms with Crippen LogP contribution in [0.2, 0.25) is 0 Å². The number of hydrogen-bond acceptors (Lipinski definition) is 5. The molecule has 0 atom stereocenters. The number of rotatable bonds is 7. The first-order valence-electron chi connectivity index (χ1n) is 9.81. The Morgan fingerprint density at radius 1 is 1.13 bits per heavy atom. The summed E-state index contributed by atoms with van der Waals surface area (Å²) in [5.74, 6) is 0.932. The molecule has 2 N–H and O–H groups in total. The fourth-order valence-electron chi connectivity index (χ4n) is 3.35. The van der Waals surface area contributed by atoms with Crippen molar-refractivity contribution in [3.63, 3.8) is 0 Å². The zero-order valence-electron chi connectivity index (χ0n) is 17.0. The first kappa shape index (κ1) is 20.2. The number of amides is 1. The van der Waals surface area contributed by atoms with Crippen molar-refractivity contribution in [2.75, 3.05) is 7.11 Å². The number of carbonyl (C=O) groups excluding carboxylic acids is 1. The van der Waals surface area contributed by atoms with Crippen molar-refractivity contribution in [3.8, 4) is 11.5 Å². The molecule has 0 aliphatic carbocycles. The van der Waals surface area contributed by atoms with E-state index in [9.17, 15) is 9.90 Å². The predicted octanol–water partition coefficient (Wildman–Crippen LogP) is 3.49. The zero-order valence-corrected chi connectivity index (χ0v) is 17.0. The minimum atomic E-state index is -0.264. The SMILES string of the molecule is COc1cc(C=NNC(=O)Cn2c(Cc3ccccc3)nc3ccccc32)ccc1O. The van der Waals surface area contributed by atoms with Crippen LogP contribution in [0.5, 0.6) is 11.5 Å². The molecule has 1 amide bonds. The number of methoxy groups -OCH3 is 1. The second kappa shape index (κ2) is 9.13. The number of imidazole rings is 1. The highest BCUT2D eigenvalue weighted by Gasteiger charge is 2.14. The maximum atomic E-state index is 12.6. The Balaban J connectivity index is 1.51. The lowest BCUT2D eigenvalue weighted by Gasteiger charge is -2.08. The molecule has 7 heteroatoms. The van der Waals surface area contributed by atoms with Gasteiger partial charge < -0.3 is 14.4 Å². The minimum absolute atomic E-state index is 0.0432. The molecular weight excluding hydrogens is 392 g/mol. The summed E-state index contributed by atoms with van der Waals surface area (Å²) in [7, 11) is 1.47. The Labute approximate surface area is 179 Å². The summed E-state index contributed by atoms with van der Waals surface area (Å²) >= 11 is 0. The highest BCUT2D eigenvalue weighted by Crippen LogP contribution is 2.25. The van der Waals surface area contributed by atoms with Crippen molar-refractivity contribution < 1.29 is 14.6 Å². The van der Waals surface area contributed by atoms with Gasteiger partial charge in [-0.1, -0.05) is 42.5 Å². The van der Waals surface area contributed by atoms with Crippen LogP contribution in [-0.2, 0) is 17.8 Å². The first-order chi connectivity index (χ1) is 15.1. The van der Waals surface area contributed by atoms with Gasteiger partial charge in [-0.3, -0.25) is 4.79 Å². The van der Waals surface area contributed by atoms with Crippen molar-refractivity contribution in [1.82, 2.24) is 15.0 Å². The van der Waals surface area contributed by atoms with Crippen LogP contribution < -0.4 is 10.2 Å². The molecule has 0 fully saturated rings. The molecule has 7 nitrogen and oxygen atoms in total. The maximum absolute atomic E-state index is 12.6. The molecule has 0 aliphatic rings. The summed E-state index contributed by atoms with van der Waals surface area (Å²) in [4.78, 5) is 17.3. The number of benzene rings is 3. The molecule has 0 saturated carbocycles. The summed E-state index contributed by atoms with van der Waals surface area (Å²) in [6.45, 7) is 0.0961. The van der Waals surface area contributed by atoms with E-state index in [1.807, 2.05) is 59.2 Å². The number of nitrogens with zero attached hydrogens (tertiary/aromatic N) is 3. The number of nitrogens with one attached hydrogen (secondary N) is 1. The lowest BCUT2D eigenvalue weighted by molar-refractivity contribution is -0.121. The van der Waals surface area contributed by atoms with Gasteiger partial charge in [0.2, 0.25) is 0 Å². The first-order valence-corrected chi connectivity index (χ1v) is 9.81. The van der Waals surface area contributed by atoms with E-state index in [0.29, 0.717) is 17.7 Å². The summed E-state index contributed by atoms with van der Waals surface area (Å²) in [5, 5.41) is 13.7. The number of carbonyl (C=O) groups is 1. The third-order valence-corrected chi connectivity index (χ3v) is 4.85. The van der Waals surface area contributed by atoms with Crippen LogP contribution in [0.15, 0.2) is 77.9 Å². The number of hydrazone groups is 1. The van der Waals surface area contributed by atoms with E-state index >= 15 is 0 Å². The van der Waals surface area contributed by atoms with Crippen LogP contribution in [-0.4, -0.2) is 33.9 Å². The Morgan fingerprint density at radius 2 is 1.90 bits per heavy atom. The number of ether oxygens (including phenoxy) is 1. The van der Waals surface area contributed by atoms with E-state index in [2.05, 4.69) is 10.5 Å². The number of phenolic OH excluding ortho intramolecular Hbond substituents is 1. The smallest absolute Gasteiger partial charge is 0.260 e. The molecule has 0 spiro atoms. The highest BCUT2D eigenvalue weighted by atomic mass is 16.5. The van der Waals surface area contributed by atoms with E-state index < -0.39 is 0 Å². The van der Waals surface area contributed by atoms with Gasteiger partial charge in [0.1, 0.15) is 12.4 Å².